The minimum Gasteiger partial charge on any atom is -0.493 e. The maximum absolute atomic E-state index is 9.45. The van der Waals surface area contributed by atoms with Gasteiger partial charge in [0.15, 0.2) is 11.5 Å². The van der Waals surface area contributed by atoms with Crippen LogP contribution in [0.15, 0.2) is 23.8 Å². The van der Waals surface area contributed by atoms with Crippen molar-refractivity contribution < 1.29 is 14.6 Å². The summed E-state index contributed by atoms with van der Waals surface area (Å²) in [5.41, 5.74) is 1.61. The van der Waals surface area contributed by atoms with Gasteiger partial charge in [-0.2, -0.15) is 0 Å². The molecule has 1 N–H and O–H groups in total. The second-order valence-electron chi connectivity index (χ2n) is 3.57. The highest BCUT2D eigenvalue weighted by Gasteiger charge is 2.05. The summed E-state index contributed by atoms with van der Waals surface area (Å²) in [4.78, 5) is 0. The van der Waals surface area contributed by atoms with E-state index < -0.39 is 6.10 Å². The third kappa shape index (κ3) is 3.27. The van der Waals surface area contributed by atoms with E-state index in [1.54, 1.807) is 27.2 Å². The molecule has 1 unspecified atom stereocenters. The minimum absolute atomic E-state index is 0.643. The van der Waals surface area contributed by atoms with Crippen LogP contribution in [0.25, 0.3) is 6.08 Å². The Kier molecular flexibility index (Phi) is 4.62. The van der Waals surface area contributed by atoms with Crippen molar-refractivity contribution in [2.24, 2.45) is 0 Å². The van der Waals surface area contributed by atoms with Gasteiger partial charge in [-0.3, -0.25) is 0 Å². The van der Waals surface area contributed by atoms with Crippen LogP contribution in [0.1, 0.15) is 12.5 Å². The Morgan fingerprint density at radius 2 is 2.00 bits per heavy atom. The lowest BCUT2D eigenvalue weighted by atomic mass is 10.1. The van der Waals surface area contributed by atoms with Gasteiger partial charge in [-0.25, -0.2) is 0 Å². The zero-order valence-electron chi connectivity index (χ0n) is 10.2. The second-order valence-corrected chi connectivity index (χ2v) is 3.57. The van der Waals surface area contributed by atoms with Gasteiger partial charge in [-0.05, 0) is 30.2 Å². The fourth-order valence-electron chi connectivity index (χ4n) is 1.42. The van der Waals surface area contributed by atoms with Gasteiger partial charge in [0, 0.05) is 0 Å². The minimum atomic E-state index is -0.858. The van der Waals surface area contributed by atoms with E-state index in [-0.39, 0.29) is 0 Å². The van der Waals surface area contributed by atoms with Gasteiger partial charge in [0.05, 0.1) is 14.2 Å². The fourth-order valence-corrected chi connectivity index (χ4v) is 1.42. The second kappa shape index (κ2) is 5.97. The molecule has 0 aliphatic carbocycles. The van der Waals surface area contributed by atoms with Gasteiger partial charge in [0.2, 0.25) is 0 Å². The van der Waals surface area contributed by atoms with Gasteiger partial charge >= 0.3 is 0 Å². The number of aliphatic hydroxyl groups excluding tert-OH is 1. The van der Waals surface area contributed by atoms with E-state index in [4.69, 9.17) is 15.9 Å². The van der Waals surface area contributed by atoms with Crippen molar-refractivity contribution in [2.45, 2.75) is 13.0 Å². The lowest BCUT2D eigenvalue weighted by molar-refractivity contribution is 0.269. The van der Waals surface area contributed by atoms with Gasteiger partial charge in [0.25, 0.3) is 0 Å². The van der Waals surface area contributed by atoms with E-state index in [2.05, 4.69) is 5.92 Å². The summed E-state index contributed by atoms with van der Waals surface area (Å²) in [6.07, 6.45) is 6.10. The van der Waals surface area contributed by atoms with E-state index >= 15 is 0 Å². The number of terminal acetylenes is 1. The highest BCUT2D eigenvalue weighted by molar-refractivity contribution is 5.59. The van der Waals surface area contributed by atoms with Gasteiger partial charge < -0.3 is 14.6 Å². The smallest absolute Gasteiger partial charge is 0.161 e. The molecule has 1 rings (SSSR count). The molecule has 3 nitrogen and oxygen atoms in total. The number of hydrogen-bond donors (Lipinski definition) is 1. The molecule has 0 aromatic heterocycles. The van der Waals surface area contributed by atoms with Gasteiger partial charge in [0.1, 0.15) is 6.10 Å². The fraction of sp³-hybridized carbons (Fsp3) is 0.286. The molecule has 0 aliphatic heterocycles. The first-order chi connectivity index (χ1) is 8.12. The zero-order chi connectivity index (χ0) is 12.8. The third-order valence-corrected chi connectivity index (χ3v) is 2.39. The number of ether oxygens (including phenoxy) is 2. The standard InChI is InChI=1S/C14H16O3/c1-5-12(15)10(2)8-11-6-7-13(16-3)14(9-11)17-4/h1,6-9,12,15H,2-4H3. The van der Waals surface area contributed by atoms with Crippen molar-refractivity contribution in [3.63, 3.8) is 0 Å². The van der Waals surface area contributed by atoms with Crippen LogP contribution in [0.4, 0.5) is 0 Å². The number of methoxy groups -OCH3 is 2. The van der Waals surface area contributed by atoms with E-state index in [9.17, 15) is 5.11 Å². The largest absolute Gasteiger partial charge is 0.493 e. The van der Waals surface area contributed by atoms with E-state index in [0.29, 0.717) is 17.1 Å². The lowest BCUT2D eigenvalue weighted by Crippen LogP contribution is -2.03. The predicted molar refractivity (Wildman–Crippen MR) is 68.0 cm³/mol. The first-order valence-electron chi connectivity index (χ1n) is 5.16. The first-order valence-corrected chi connectivity index (χ1v) is 5.16. The molecule has 0 spiro atoms. The molecule has 0 amide bonds. The predicted octanol–water partition coefficient (Wildman–Crippen LogP) is 2.10. The topological polar surface area (TPSA) is 38.7 Å². The van der Waals surface area contributed by atoms with Crippen molar-refractivity contribution in [1.29, 1.82) is 0 Å². The maximum atomic E-state index is 9.45. The van der Waals surface area contributed by atoms with Crippen molar-refractivity contribution in [3.05, 3.63) is 29.3 Å². The van der Waals surface area contributed by atoms with Crippen LogP contribution in [0.2, 0.25) is 0 Å². The molecule has 1 aromatic rings. The highest BCUT2D eigenvalue weighted by Crippen LogP contribution is 2.28. The van der Waals surface area contributed by atoms with Crippen LogP contribution >= 0.6 is 0 Å². The Labute approximate surface area is 102 Å². The van der Waals surface area contributed by atoms with Crippen molar-refractivity contribution >= 4 is 6.08 Å². The molecule has 0 fully saturated rings. The Hall–Kier alpha value is -1.92. The van der Waals surface area contributed by atoms with Crippen LogP contribution in [0.5, 0.6) is 11.5 Å². The zero-order valence-corrected chi connectivity index (χ0v) is 10.2. The Balaban J connectivity index is 3.05. The number of aliphatic hydroxyl groups is 1. The van der Waals surface area contributed by atoms with E-state index in [1.807, 2.05) is 18.2 Å². The van der Waals surface area contributed by atoms with Crippen molar-refractivity contribution in [1.82, 2.24) is 0 Å². The summed E-state index contributed by atoms with van der Waals surface area (Å²) in [5, 5.41) is 9.45. The molecule has 1 atom stereocenters. The van der Waals surface area contributed by atoms with Crippen LogP contribution in [0.3, 0.4) is 0 Å². The summed E-state index contributed by atoms with van der Waals surface area (Å²) < 4.78 is 10.3. The Morgan fingerprint density at radius 1 is 1.35 bits per heavy atom. The maximum Gasteiger partial charge on any atom is 0.161 e. The molecule has 17 heavy (non-hydrogen) atoms. The van der Waals surface area contributed by atoms with E-state index in [1.165, 1.54) is 0 Å². The SMILES string of the molecule is C#CC(O)C(C)=Cc1ccc(OC)c(OC)c1. The molecular formula is C14H16O3. The Morgan fingerprint density at radius 3 is 2.53 bits per heavy atom. The summed E-state index contributed by atoms with van der Waals surface area (Å²) in [6, 6.07) is 5.50. The number of hydrogen-bond acceptors (Lipinski definition) is 3. The average molecular weight is 232 g/mol. The normalized spacial score (nSPS) is 12.8. The number of benzene rings is 1. The molecule has 90 valence electrons. The van der Waals surface area contributed by atoms with E-state index in [0.717, 1.165) is 5.56 Å². The molecule has 0 radical (unpaired) electrons. The van der Waals surface area contributed by atoms with Crippen LogP contribution in [0, 0.1) is 12.3 Å². The van der Waals surface area contributed by atoms with Gasteiger partial charge in [-0.1, -0.05) is 18.1 Å². The third-order valence-electron chi connectivity index (χ3n) is 2.39. The molecular weight excluding hydrogens is 216 g/mol. The molecule has 0 saturated carbocycles. The molecule has 3 heteroatoms. The van der Waals surface area contributed by atoms with Crippen molar-refractivity contribution in [3.8, 4) is 23.8 Å². The first kappa shape index (κ1) is 13.1. The monoisotopic (exact) mass is 232 g/mol. The highest BCUT2D eigenvalue weighted by atomic mass is 16.5. The summed E-state index contributed by atoms with van der Waals surface area (Å²) in [6.45, 7) is 1.78. The quantitative estimate of drug-likeness (QED) is 0.808. The molecule has 1 aromatic carbocycles. The average Bonchev–Trinajstić information content (AvgIpc) is 2.37. The molecule has 0 heterocycles. The summed E-state index contributed by atoms with van der Waals surface area (Å²) >= 11 is 0. The lowest BCUT2D eigenvalue weighted by Gasteiger charge is -2.09. The Bertz CT molecular complexity index is 455. The van der Waals surface area contributed by atoms with Crippen molar-refractivity contribution in [2.75, 3.05) is 14.2 Å². The number of rotatable bonds is 4. The molecule has 0 saturated heterocycles. The summed E-state index contributed by atoms with van der Waals surface area (Å²) in [7, 11) is 3.16. The molecule has 0 bridgehead atoms. The van der Waals surface area contributed by atoms with Crippen LogP contribution in [-0.2, 0) is 0 Å². The molecule has 0 aliphatic rings. The van der Waals surface area contributed by atoms with Gasteiger partial charge in [-0.15, -0.1) is 6.42 Å². The van der Waals surface area contributed by atoms with Crippen LogP contribution in [-0.4, -0.2) is 25.4 Å². The summed E-state index contributed by atoms with van der Waals surface area (Å²) in [5.74, 6) is 3.58. The van der Waals surface area contributed by atoms with Crippen LogP contribution < -0.4 is 9.47 Å².